The van der Waals surface area contributed by atoms with Crippen LogP contribution in [0.15, 0.2) is 0 Å². The van der Waals surface area contributed by atoms with Gasteiger partial charge in [-0.05, 0) is 63.8 Å². The number of carboxylic acids is 1. The first-order valence-electron chi connectivity index (χ1n) is 11.4. The summed E-state index contributed by atoms with van der Waals surface area (Å²) in [5.41, 5.74) is -2.28. The molecule has 0 heterocycles. The maximum atomic E-state index is 13.3. The van der Waals surface area contributed by atoms with E-state index in [1.54, 1.807) is 13.8 Å². The Kier molecular flexibility index (Phi) is 9.24. The fourth-order valence-electron chi connectivity index (χ4n) is 4.88. The number of hydrogen-bond acceptors (Lipinski definition) is 5. The maximum absolute atomic E-state index is 13.3. The van der Waals surface area contributed by atoms with Gasteiger partial charge in [0, 0.05) is 17.4 Å². The van der Waals surface area contributed by atoms with Crippen molar-refractivity contribution in [2.75, 3.05) is 6.54 Å². The third-order valence-electron chi connectivity index (χ3n) is 6.41. The summed E-state index contributed by atoms with van der Waals surface area (Å²) in [4.78, 5) is 36.8. The van der Waals surface area contributed by atoms with Gasteiger partial charge in [-0.25, -0.2) is 0 Å². The highest BCUT2D eigenvalue weighted by atomic mass is 16.4. The second-order valence-electron chi connectivity index (χ2n) is 11.5. The summed E-state index contributed by atoms with van der Waals surface area (Å²) >= 11 is 0. The molecule has 6 nitrogen and oxygen atoms in total. The van der Waals surface area contributed by atoms with Crippen LogP contribution in [-0.2, 0) is 14.4 Å². The second kappa shape index (κ2) is 10.4. The number of rotatable bonds is 12. The van der Waals surface area contributed by atoms with Gasteiger partial charge in [-0.15, -0.1) is 0 Å². The first-order valence-corrected chi connectivity index (χ1v) is 11.4. The SMILES string of the molecule is CC(C)NC[C@H]1CC[C@H](C(=O)C(C)(C)NC(C(=O)O)C(C)(C)CC(C)(C)C=O)CC1. The number of carbonyl (C=O) groups is 3. The number of hydrogen-bond donors (Lipinski definition) is 3. The van der Waals surface area contributed by atoms with Gasteiger partial charge < -0.3 is 15.2 Å². The van der Waals surface area contributed by atoms with E-state index in [0.717, 1.165) is 38.5 Å². The fraction of sp³-hybridized carbons (Fsp3) is 0.875. The van der Waals surface area contributed by atoms with Crippen LogP contribution in [0.4, 0.5) is 0 Å². The Labute approximate surface area is 183 Å². The highest BCUT2D eigenvalue weighted by Crippen LogP contribution is 2.37. The van der Waals surface area contributed by atoms with Crippen LogP contribution >= 0.6 is 0 Å². The van der Waals surface area contributed by atoms with Crippen molar-refractivity contribution < 1.29 is 19.5 Å². The molecule has 0 saturated heterocycles. The van der Waals surface area contributed by atoms with Gasteiger partial charge in [0.05, 0.1) is 5.54 Å². The lowest BCUT2D eigenvalue weighted by Gasteiger charge is -2.41. The summed E-state index contributed by atoms with van der Waals surface area (Å²) in [5.74, 6) is -0.337. The van der Waals surface area contributed by atoms with Crippen LogP contribution in [0.25, 0.3) is 0 Å². The zero-order chi connectivity index (χ0) is 23.3. The van der Waals surface area contributed by atoms with Gasteiger partial charge >= 0.3 is 5.97 Å². The number of aldehydes is 1. The third kappa shape index (κ3) is 7.77. The normalized spacial score (nSPS) is 22.0. The van der Waals surface area contributed by atoms with Crippen molar-refractivity contribution in [3.05, 3.63) is 0 Å². The van der Waals surface area contributed by atoms with Crippen LogP contribution in [0.5, 0.6) is 0 Å². The van der Waals surface area contributed by atoms with E-state index in [4.69, 9.17) is 0 Å². The van der Waals surface area contributed by atoms with Crippen molar-refractivity contribution in [1.82, 2.24) is 10.6 Å². The number of carboxylic acid groups (broad SMARTS) is 1. The van der Waals surface area contributed by atoms with Crippen molar-refractivity contribution in [2.24, 2.45) is 22.7 Å². The summed E-state index contributed by atoms with van der Waals surface area (Å²) < 4.78 is 0. The number of nitrogens with one attached hydrogen (secondary N) is 2. The van der Waals surface area contributed by atoms with E-state index in [-0.39, 0.29) is 11.7 Å². The van der Waals surface area contributed by atoms with Crippen molar-refractivity contribution in [3.8, 4) is 0 Å². The van der Waals surface area contributed by atoms with Crippen molar-refractivity contribution in [1.29, 1.82) is 0 Å². The second-order valence-corrected chi connectivity index (χ2v) is 11.5. The van der Waals surface area contributed by atoms with Gasteiger partial charge in [0.2, 0.25) is 0 Å². The molecule has 0 spiro atoms. The Morgan fingerprint density at radius 1 is 1.03 bits per heavy atom. The van der Waals surface area contributed by atoms with E-state index in [2.05, 4.69) is 24.5 Å². The highest BCUT2D eigenvalue weighted by Gasteiger charge is 2.45. The van der Waals surface area contributed by atoms with Gasteiger partial charge in [-0.1, -0.05) is 41.5 Å². The van der Waals surface area contributed by atoms with E-state index in [1.165, 1.54) is 0 Å². The number of Topliss-reactive ketones (excluding diaryl/α,β-unsaturated/α-hetero) is 1. The van der Waals surface area contributed by atoms with E-state index in [9.17, 15) is 19.5 Å². The average Bonchev–Trinajstić information content (AvgIpc) is 2.63. The zero-order valence-corrected chi connectivity index (χ0v) is 20.3. The molecule has 1 unspecified atom stereocenters. The van der Waals surface area contributed by atoms with Crippen LogP contribution in [0, 0.1) is 22.7 Å². The largest absolute Gasteiger partial charge is 0.480 e. The molecule has 0 radical (unpaired) electrons. The van der Waals surface area contributed by atoms with Crippen LogP contribution in [-0.4, -0.2) is 47.3 Å². The molecule has 6 heteroatoms. The van der Waals surface area contributed by atoms with E-state index in [0.29, 0.717) is 18.4 Å². The lowest BCUT2D eigenvalue weighted by Crippen LogP contribution is -2.60. The monoisotopic (exact) mass is 424 g/mol. The fourth-order valence-corrected chi connectivity index (χ4v) is 4.88. The molecule has 1 atom stereocenters. The maximum Gasteiger partial charge on any atom is 0.321 e. The third-order valence-corrected chi connectivity index (χ3v) is 6.41. The first-order chi connectivity index (χ1) is 13.6. The van der Waals surface area contributed by atoms with Gasteiger partial charge in [0.1, 0.15) is 12.3 Å². The Morgan fingerprint density at radius 3 is 2.00 bits per heavy atom. The molecule has 3 N–H and O–H groups in total. The Hall–Kier alpha value is -1.27. The van der Waals surface area contributed by atoms with Crippen LogP contribution < -0.4 is 10.6 Å². The predicted molar refractivity (Wildman–Crippen MR) is 120 cm³/mol. The summed E-state index contributed by atoms with van der Waals surface area (Å²) in [6.45, 7) is 16.2. The molecule has 30 heavy (non-hydrogen) atoms. The lowest BCUT2D eigenvalue weighted by molar-refractivity contribution is -0.145. The quantitative estimate of drug-likeness (QED) is 0.412. The Balaban J connectivity index is 2.82. The van der Waals surface area contributed by atoms with Gasteiger partial charge in [0.15, 0.2) is 5.78 Å². The molecule has 0 amide bonds. The molecule has 174 valence electrons. The molecule has 1 aliphatic rings. The molecular formula is C24H44N2O4. The first kappa shape index (κ1) is 26.8. The Bertz CT molecular complexity index is 602. The molecule has 0 aromatic rings. The molecule has 1 fully saturated rings. The van der Waals surface area contributed by atoms with E-state index in [1.807, 2.05) is 27.7 Å². The molecule has 1 saturated carbocycles. The number of aliphatic carboxylic acids is 1. The highest BCUT2D eigenvalue weighted by molar-refractivity contribution is 5.90. The molecule has 1 aliphatic carbocycles. The molecular weight excluding hydrogens is 380 g/mol. The smallest absolute Gasteiger partial charge is 0.321 e. The van der Waals surface area contributed by atoms with Gasteiger partial charge in [0.25, 0.3) is 0 Å². The van der Waals surface area contributed by atoms with Crippen LogP contribution in [0.3, 0.4) is 0 Å². The van der Waals surface area contributed by atoms with Crippen LogP contribution in [0.2, 0.25) is 0 Å². The molecule has 1 rings (SSSR count). The molecule has 0 aromatic carbocycles. The van der Waals surface area contributed by atoms with Crippen molar-refractivity contribution in [3.63, 3.8) is 0 Å². The van der Waals surface area contributed by atoms with Gasteiger partial charge in [-0.2, -0.15) is 0 Å². The van der Waals surface area contributed by atoms with E-state index >= 15 is 0 Å². The van der Waals surface area contributed by atoms with Crippen molar-refractivity contribution in [2.45, 2.75) is 105 Å². The summed E-state index contributed by atoms with van der Waals surface area (Å²) in [7, 11) is 0. The standard InChI is InChI=1S/C24H44N2O4/c1-16(2)25-13-17-9-11-18(12-10-17)20(28)24(7,8)26-19(21(29)30)23(5,6)14-22(3,4)15-27/h15-19,25-26H,9-14H2,1-8H3,(H,29,30)/t17-,18-,19?. The minimum absolute atomic E-state index is 0.0354. The van der Waals surface area contributed by atoms with Crippen LogP contribution in [0.1, 0.15) is 87.5 Å². The summed E-state index contributed by atoms with van der Waals surface area (Å²) in [5, 5.41) is 16.5. The lowest BCUT2D eigenvalue weighted by atomic mass is 9.70. The molecule has 0 aliphatic heterocycles. The Morgan fingerprint density at radius 2 is 1.57 bits per heavy atom. The minimum Gasteiger partial charge on any atom is -0.480 e. The van der Waals surface area contributed by atoms with Crippen molar-refractivity contribution >= 4 is 18.0 Å². The molecule has 0 aromatic heterocycles. The minimum atomic E-state index is -0.994. The van der Waals surface area contributed by atoms with Gasteiger partial charge in [-0.3, -0.25) is 14.9 Å². The average molecular weight is 425 g/mol. The molecule has 0 bridgehead atoms. The van der Waals surface area contributed by atoms with E-state index < -0.39 is 28.4 Å². The topological polar surface area (TPSA) is 95.5 Å². The summed E-state index contributed by atoms with van der Waals surface area (Å²) in [6, 6.07) is -0.463. The zero-order valence-electron chi connectivity index (χ0n) is 20.3. The number of ketones is 1. The summed E-state index contributed by atoms with van der Waals surface area (Å²) in [6.07, 6.45) is 5.03. The predicted octanol–water partition coefficient (Wildman–Crippen LogP) is 3.82. The number of carbonyl (C=O) groups excluding carboxylic acids is 2.